The predicted octanol–water partition coefficient (Wildman–Crippen LogP) is 6.23. The van der Waals surface area contributed by atoms with Gasteiger partial charge in [-0.3, -0.25) is 14.4 Å². The number of anilines is 1. The average Bonchev–Trinajstić information content (AvgIpc) is 3.24. The predicted molar refractivity (Wildman–Crippen MR) is 154 cm³/mol. The van der Waals surface area contributed by atoms with Crippen LogP contribution >= 0.6 is 0 Å². The van der Waals surface area contributed by atoms with Crippen molar-refractivity contribution in [2.45, 2.75) is 13.8 Å². The standard InChI is InChI=1S/C33H23NO8/c1-18-4-5-19(2)27(14-18)34-31(36)24-12-6-20(15-26(24)32(34)37)33(38)42-23-11-13-25-28(16-23)40-17-29(30(25)35)41-22-9-7-21(39-3)8-10-22/h4-17H,1-3H3. The maximum Gasteiger partial charge on any atom is 0.343 e. The number of esters is 1. The second-order valence-electron chi connectivity index (χ2n) is 9.75. The number of benzene rings is 4. The topological polar surface area (TPSA) is 112 Å². The van der Waals surface area contributed by atoms with E-state index in [4.69, 9.17) is 18.6 Å². The van der Waals surface area contributed by atoms with Gasteiger partial charge in [0.05, 0.1) is 34.9 Å². The Morgan fingerprint density at radius 2 is 1.48 bits per heavy atom. The number of methoxy groups -OCH3 is 1. The van der Waals surface area contributed by atoms with E-state index in [2.05, 4.69) is 0 Å². The van der Waals surface area contributed by atoms with Crippen LogP contribution in [0, 0.1) is 13.8 Å². The minimum Gasteiger partial charge on any atom is -0.497 e. The molecule has 42 heavy (non-hydrogen) atoms. The number of imide groups is 1. The lowest BCUT2D eigenvalue weighted by molar-refractivity contribution is 0.0734. The number of hydrogen-bond acceptors (Lipinski definition) is 8. The number of carbonyl (C=O) groups excluding carboxylic acids is 3. The first-order valence-corrected chi connectivity index (χ1v) is 12.9. The van der Waals surface area contributed by atoms with E-state index in [1.807, 2.05) is 26.0 Å². The van der Waals surface area contributed by atoms with Crippen molar-refractivity contribution in [1.29, 1.82) is 0 Å². The van der Waals surface area contributed by atoms with Crippen LogP contribution in [0.1, 0.15) is 42.2 Å². The highest BCUT2D eigenvalue weighted by molar-refractivity contribution is 6.35. The van der Waals surface area contributed by atoms with Crippen LogP contribution in [0.4, 0.5) is 5.69 Å². The molecule has 0 atom stereocenters. The van der Waals surface area contributed by atoms with Crippen LogP contribution in [0.2, 0.25) is 0 Å². The van der Waals surface area contributed by atoms with Gasteiger partial charge in [0, 0.05) is 6.07 Å². The van der Waals surface area contributed by atoms with E-state index in [9.17, 15) is 19.2 Å². The summed E-state index contributed by atoms with van der Waals surface area (Å²) in [7, 11) is 1.55. The summed E-state index contributed by atoms with van der Waals surface area (Å²) < 4.78 is 21.9. The van der Waals surface area contributed by atoms with Gasteiger partial charge in [-0.15, -0.1) is 0 Å². The van der Waals surface area contributed by atoms with Gasteiger partial charge in [0.2, 0.25) is 11.2 Å². The van der Waals surface area contributed by atoms with Crippen LogP contribution in [-0.2, 0) is 0 Å². The maximum atomic E-state index is 13.2. The molecule has 2 amide bonds. The number of ether oxygens (including phenoxy) is 3. The molecule has 0 N–H and O–H groups in total. The zero-order chi connectivity index (χ0) is 29.5. The highest BCUT2D eigenvalue weighted by atomic mass is 16.5. The molecule has 5 aromatic rings. The molecule has 208 valence electrons. The summed E-state index contributed by atoms with van der Waals surface area (Å²) in [6, 6.07) is 20.8. The molecule has 0 bridgehead atoms. The van der Waals surface area contributed by atoms with Crippen molar-refractivity contribution in [2.24, 2.45) is 0 Å². The van der Waals surface area contributed by atoms with Gasteiger partial charge in [-0.05, 0) is 85.6 Å². The maximum absolute atomic E-state index is 13.2. The molecule has 0 saturated carbocycles. The Hall–Kier alpha value is -5.70. The molecule has 9 nitrogen and oxygen atoms in total. The summed E-state index contributed by atoms with van der Waals surface area (Å²) in [5.74, 6) is -0.524. The third kappa shape index (κ3) is 4.66. The van der Waals surface area contributed by atoms with Crippen molar-refractivity contribution in [3.63, 3.8) is 0 Å². The quantitative estimate of drug-likeness (QED) is 0.136. The molecule has 1 aliphatic rings. The van der Waals surface area contributed by atoms with Crippen LogP contribution in [0.5, 0.6) is 23.0 Å². The van der Waals surface area contributed by atoms with Gasteiger partial charge >= 0.3 is 5.97 Å². The molecule has 0 radical (unpaired) electrons. The van der Waals surface area contributed by atoms with Gasteiger partial charge < -0.3 is 18.6 Å². The lowest BCUT2D eigenvalue weighted by Gasteiger charge is -2.17. The van der Waals surface area contributed by atoms with Crippen molar-refractivity contribution in [2.75, 3.05) is 12.0 Å². The molecule has 4 aromatic carbocycles. The summed E-state index contributed by atoms with van der Waals surface area (Å²) in [4.78, 5) is 53.4. The van der Waals surface area contributed by atoms with Gasteiger partial charge in [0.25, 0.3) is 11.8 Å². The van der Waals surface area contributed by atoms with Crippen molar-refractivity contribution >= 4 is 34.4 Å². The highest BCUT2D eigenvalue weighted by Gasteiger charge is 2.38. The van der Waals surface area contributed by atoms with Crippen LogP contribution in [0.15, 0.2) is 94.3 Å². The molecule has 0 fully saturated rings. The van der Waals surface area contributed by atoms with E-state index in [1.165, 1.54) is 42.7 Å². The fraction of sp³-hybridized carbons (Fsp3) is 0.0909. The summed E-state index contributed by atoms with van der Waals surface area (Å²) in [6.45, 7) is 3.70. The van der Waals surface area contributed by atoms with Gasteiger partial charge in [-0.1, -0.05) is 12.1 Å². The number of amides is 2. The molecule has 1 aromatic heterocycles. The minimum atomic E-state index is -0.746. The van der Waals surface area contributed by atoms with E-state index >= 15 is 0 Å². The first-order valence-electron chi connectivity index (χ1n) is 12.9. The molecule has 2 heterocycles. The highest BCUT2D eigenvalue weighted by Crippen LogP contribution is 2.32. The second kappa shape index (κ2) is 10.4. The fourth-order valence-electron chi connectivity index (χ4n) is 4.71. The Morgan fingerprint density at radius 1 is 0.762 bits per heavy atom. The van der Waals surface area contributed by atoms with Gasteiger partial charge in [-0.25, -0.2) is 9.69 Å². The number of fused-ring (bicyclic) bond motifs is 2. The third-order valence-electron chi connectivity index (χ3n) is 6.94. The zero-order valence-corrected chi connectivity index (χ0v) is 22.8. The van der Waals surface area contributed by atoms with Gasteiger partial charge in [0.1, 0.15) is 29.1 Å². The molecule has 6 rings (SSSR count). The van der Waals surface area contributed by atoms with Crippen molar-refractivity contribution in [3.05, 3.63) is 123 Å². The SMILES string of the molecule is COc1ccc(Oc2coc3cc(OC(=O)c4ccc5c(c4)C(=O)N(c4cc(C)ccc4C)C5=O)ccc3c2=O)cc1. The number of carbonyl (C=O) groups is 3. The largest absolute Gasteiger partial charge is 0.497 e. The van der Waals surface area contributed by atoms with E-state index in [1.54, 1.807) is 37.4 Å². The number of hydrogen-bond donors (Lipinski definition) is 0. The Morgan fingerprint density at radius 3 is 2.24 bits per heavy atom. The van der Waals surface area contributed by atoms with Crippen molar-refractivity contribution in [1.82, 2.24) is 0 Å². The smallest absolute Gasteiger partial charge is 0.343 e. The van der Waals surface area contributed by atoms with E-state index in [-0.39, 0.29) is 39.2 Å². The zero-order valence-electron chi connectivity index (χ0n) is 22.8. The van der Waals surface area contributed by atoms with E-state index in [0.29, 0.717) is 17.2 Å². The Labute approximate surface area is 239 Å². The van der Waals surface area contributed by atoms with Gasteiger partial charge in [-0.2, -0.15) is 0 Å². The van der Waals surface area contributed by atoms with E-state index in [0.717, 1.165) is 16.0 Å². The summed E-state index contributed by atoms with van der Waals surface area (Å²) in [5, 5.41) is 0.231. The summed E-state index contributed by atoms with van der Waals surface area (Å²) in [6.07, 6.45) is 1.19. The Balaban J connectivity index is 1.22. The molecule has 1 aliphatic heterocycles. The number of rotatable bonds is 6. The Bertz CT molecular complexity index is 1970. The second-order valence-corrected chi connectivity index (χ2v) is 9.75. The first-order chi connectivity index (χ1) is 20.2. The molecule has 0 spiro atoms. The number of nitrogens with zero attached hydrogens (tertiary/aromatic N) is 1. The first kappa shape index (κ1) is 26.5. The summed E-state index contributed by atoms with van der Waals surface area (Å²) in [5.41, 5.74) is 2.37. The monoisotopic (exact) mass is 561 g/mol. The van der Waals surface area contributed by atoms with Crippen LogP contribution < -0.4 is 24.5 Å². The lowest BCUT2D eigenvalue weighted by atomic mass is 10.1. The molecule has 9 heteroatoms. The van der Waals surface area contributed by atoms with Crippen LogP contribution in [-0.4, -0.2) is 24.9 Å². The Kier molecular flexibility index (Phi) is 6.54. The molecular weight excluding hydrogens is 538 g/mol. The molecule has 0 saturated heterocycles. The normalized spacial score (nSPS) is 12.4. The third-order valence-corrected chi connectivity index (χ3v) is 6.94. The number of aryl methyl sites for hydroxylation is 2. The fourth-order valence-corrected chi connectivity index (χ4v) is 4.71. The van der Waals surface area contributed by atoms with Crippen molar-refractivity contribution in [3.8, 4) is 23.0 Å². The van der Waals surface area contributed by atoms with Crippen LogP contribution in [0.25, 0.3) is 11.0 Å². The molecule has 0 aliphatic carbocycles. The van der Waals surface area contributed by atoms with E-state index < -0.39 is 23.2 Å². The van der Waals surface area contributed by atoms with Crippen LogP contribution in [0.3, 0.4) is 0 Å². The minimum absolute atomic E-state index is 0.00957. The summed E-state index contributed by atoms with van der Waals surface area (Å²) >= 11 is 0. The van der Waals surface area contributed by atoms with Crippen molar-refractivity contribution < 1.29 is 33.0 Å². The average molecular weight is 562 g/mol. The lowest BCUT2D eigenvalue weighted by Crippen LogP contribution is -2.30. The molecular formula is C33H23NO8. The molecule has 0 unspecified atom stereocenters. The van der Waals surface area contributed by atoms with Gasteiger partial charge in [0.15, 0.2) is 0 Å².